The van der Waals surface area contributed by atoms with Crippen molar-refractivity contribution in [3.8, 4) is 6.07 Å². The molecule has 0 atom stereocenters. The number of methoxy groups -OCH3 is 2. The topological polar surface area (TPSA) is 76.4 Å². The van der Waals surface area contributed by atoms with Crippen molar-refractivity contribution in [3.63, 3.8) is 0 Å². The van der Waals surface area contributed by atoms with E-state index in [0.29, 0.717) is 12.8 Å². The number of esters is 2. The van der Waals surface area contributed by atoms with Crippen molar-refractivity contribution >= 4 is 27.9 Å². The van der Waals surface area contributed by atoms with Crippen LogP contribution in [0.25, 0.3) is 0 Å². The second-order valence-electron chi connectivity index (χ2n) is 7.50. The summed E-state index contributed by atoms with van der Waals surface area (Å²) in [5, 5.41) is 10.4. The van der Waals surface area contributed by atoms with Crippen molar-refractivity contribution in [2.75, 3.05) is 14.2 Å². The molecule has 2 rings (SSSR count). The van der Waals surface area contributed by atoms with Crippen molar-refractivity contribution in [2.45, 2.75) is 63.2 Å². The third-order valence-electron chi connectivity index (χ3n) is 6.18. The van der Waals surface area contributed by atoms with Gasteiger partial charge in [-0.15, -0.1) is 0 Å². The van der Waals surface area contributed by atoms with Gasteiger partial charge in [0.15, 0.2) is 0 Å². The minimum Gasteiger partial charge on any atom is -0.469 e. The van der Waals surface area contributed by atoms with Crippen LogP contribution in [-0.4, -0.2) is 26.2 Å². The molecule has 0 radical (unpaired) electrons. The standard InChI is InChI=1S/C22H28BrNO4/c1-27-19(25)9-13-21(16-24,14-10-20(26)28-2)22(11-4-3-5-12-22)17-7-6-8-18(23)15-17/h6-8,15H,3-5,9-14H2,1-2H3. The summed E-state index contributed by atoms with van der Waals surface area (Å²) in [5.74, 6) is -0.671. The van der Waals surface area contributed by atoms with Crippen molar-refractivity contribution in [1.82, 2.24) is 0 Å². The maximum absolute atomic E-state index is 11.9. The molecule has 1 aliphatic rings. The number of rotatable bonds is 8. The molecular weight excluding hydrogens is 422 g/mol. The molecule has 0 N–H and O–H groups in total. The first kappa shape index (κ1) is 22.4. The van der Waals surface area contributed by atoms with Crippen molar-refractivity contribution in [3.05, 3.63) is 34.3 Å². The van der Waals surface area contributed by atoms with Gasteiger partial charge in [0.1, 0.15) is 0 Å². The smallest absolute Gasteiger partial charge is 0.305 e. The Bertz CT molecular complexity index is 714. The third kappa shape index (κ3) is 4.75. The fourth-order valence-corrected chi connectivity index (χ4v) is 5.04. The molecule has 0 amide bonds. The summed E-state index contributed by atoms with van der Waals surface area (Å²) in [6, 6.07) is 10.7. The van der Waals surface area contributed by atoms with Gasteiger partial charge in [-0.25, -0.2) is 0 Å². The lowest BCUT2D eigenvalue weighted by atomic mass is 9.52. The molecule has 1 aromatic rings. The Balaban J connectivity index is 2.54. The molecule has 1 aliphatic carbocycles. The van der Waals surface area contributed by atoms with E-state index in [9.17, 15) is 14.9 Å². The van der Waals surface area contributed by atoms with Gasteiger partial charge < -0.3 is 9.47 Å². The van der Waals surface area contributed by atoms with Crippen LogP contribution in [-0.2, 0) is 24.5 Å². The number of benzene rings is 1. The number of ether oxygens (including phenoxy) is 2. The van der Waals surface area contributed by atoms with Gasteiger partial charge in [-0.05, 0) is 43.4 Å². The monoisotopic (exact) mass is 449 g/mol. The van der Waals surface area contributed by atoms with Gasteiger partial charge in [0.25, 0.3) is 0 Å². The normalized spacial score (nSPS) is 16.1. The van der Waals surface area contributed by atoms with Crippen LogP contribution in [0.15, 0.2) is 28.7 Å². The summed E-state index contributed by atoms with van der Waals surface area (Å²) in [6.45, 7) is 0. The molecule has 0 bridgehead atoms. The molecule has 152 valence electrons. The lowest BCUT2D eigenvalue weighted by Crippen LogP contribution is -2.47. The zero-order valence-electron chi connectivity index (χ0n) is 16.6. The Morgan fingerprint density at radius 1 is 1.11 bits per heavy atom. The molecular formula is C22H28BrNO4. The van der Waals surface area contributed by atoms with Crippen molar-refractivity contribution < 1.29 is 19.1 Å². The molecule has 1 fully saturated rings. The Morgan fingerprint density at radius 3 is 2.14 bits per heavy atom. The predicted octanol–water partition coefficient (Wildman–Crippen LogP) is 5.07. The average molecular weight is 450 g/mol. The first-order valence-electron chi connectivity index (χ1n) is 9.74. The Morgan fingerprint density at radius 2 is 1.68 bits per heavy atom. The van der Waals surface area contributed by atoms with Gasteiger partial charge in [-0.2, -0.15) is 5.26 Å². The Labute approximate surface area is 175 Å². The molecule has 6 heteroatoms. The minimum atomic E-state index is -0.851. The highest BCUT2D eigenvalue weighted by atomic mass is 79.9. The van der Waals surface area contributed by atoms with Crippen LogP contribution in [0.3, 0.4) is 0 Å². The zero-order valence-corrected chi connectivity index (χ0v) is 18.2. The van der Waals surface area contributed by atoms with Crippen molar-refractivity contribution in [2.24, 2.45) is 5.41 Å². The summed E-state index contributed by atoms with van der Waals surface area (Å²) in [4.78, 5) is 23.8. The molecule has 0 aliphatic heterocycles. The van der Waals surface area contributed by atoms with E-state index >= 15 is 0 Å². The van der Waals surface area contributed by atoms with Crippen molar-refractivity contribution in [1.29, 1.82) is 5.26 Å². The molecule has 0 saturated heterocycles. The minimum absolute atomic E-state index is 0.154. The van der Waals surface area contributed by atoms with E-state index < -0.39 is 10.8 Å². The largest absolute Gasteiger partial charge is 0.469 e. The molecule has 1 aromatic carbocycles. The molecule has 0 unspecified atom stereocenters. The van der Waals surface area contributed by atoms with E-state index in [-0.39, 0.29) is 24.8 Å². The number of nitriles is 1. The summed E-state index contributed by atoms with van der Waals surface area (Å²) in [5.41, 5.74) is -0.166. The number of hydrogen-bond acceptors (Lipinski definition) is 5. The predicted molar refractivity (Wildman–Crippen MR) is 109 cm³/mol. The second kappa shape index (κ2) is 10.1. The molecule has 5 nitrogen and oxygen atoms in total. The fraction of sp³-hybridized carbons (Fsp3) is 0.591. The van der Waals surface area contributed by atoms with Gasteiger partial charge in [-0.3, -0.25) is 9.59 Å². The second-order valence-corrected chi connectivity index (χ2v) is 8.41. The first-order valence-corrected chi connectivity index (χ1v) is 10.5. The number of carbonyl (C=O) groups excluding carboxylic acids is 2. The van der Waals surface area contributed by atoms with Crippen LogP contribution in [0.2, 0.25) is 0 Å². The quantitative estimate of drug-likeness (QED) is 0.517. The first-order chi connectivity index (χ1) is 13.4. The molecule has 0 aromatic heterocycles. The van der Waals surface area contributed by atoms with Crippen LogP contribution in [0, 0.1) is 16.7 Å². The summed E-state index contributed by atoms with van der Waals surface area (Å²) in [6.07, 6.45) is 5.92. The van der Waals surface area contributed by atoms with Gasteiger partial charge in [0, 0.05) is 22.7 Å². The average Bonchev–Trinajstić information content (AvgIpc) is 2.74. The van der Waals surface area contributed by atoms with Crippen LogP contribution in [0.4, 0.5) is 0 Å². The van der Waals surface area contributed by atoms with Crippen LogP contribution in [0.1, 0.15) is 63.4 Å². The maximum Gasteiger partial charge on any atom is 0.305 e. The lowest BCUT2D eigenvalue weighted by Gasteiger charge is -2.50. The summed E-state index contributed by atoms with van der Waals surface area (Å²) >= 11 is 3.56. The SMILES string of the molecule is COC(=O)CCC(C#N)(CCC(=O)OC)C1(c2cccc(Br)c2)CCCCC1. The Kier molecular flexibility index (Phi) is 8.06. The molecule has 1 saturated carbocycles. The van der Waals surface area contributed by atoms with Crippen LogP contribution >= 0.6 is 15.9 Å². The van der Waals surface area contributed by atoms with Gasteiger partial charge in [0.2, 0.25) is 0 Å². The maximum atomic E-state index is 11.9. The van der Waals surface area contributed by atoms with Gasteiger partial charge in [0.05, 0.1) is 25.7 Å². The number of carbonyl (C=O) groups is 2. The fourth-order valence-electron chi connectivity index (χ4n) is 4.64. The van der Waals surface area contributed by atoms with Gasteiger partial charge >= 0.3 is 11.9 Å². The van der Waals surface area contributed by atoms with Crippen LogP contribution < -0.4 is 0 Å². The van der Waals surface area contributed by atoms with Crippen LogP contribution in [0.5, 0.6) is 0 Å². The van der Waals surface area contributed by atoms with E-state index in [2.05, 4.69) is 34.1 Å². The number of halogens is 1. The van der Waals surface area contributed by atoms with E-state index in [4.69, 9.17) is 9.47 Å². The number of hydrogen-bond donors (Lipinski definition) is 0. The third-order valence-corrected chi connectivity index (χ3v) is 6.67. The lowest BCUT2D eigenvalue weighted by molar-refractivity contribution is -0.141. The summed E-state index contributed by atoms with van der Waals surface area (Å²) in [7, 11) is 2.71. The van der Waals surface area contributed by atoms with E-state index in [1.165, 1.54) is 14.2 Å². The highest BCUT2D eigenvalue weighted by molar-refractivity contribution is 9.10. The summed E-state index contributed by atoms with van der Waals surface area (Å²) < 4.78 is 10.6. The zero-order chi connectivity index (χ0) is 20.6. The highest BCUT2D eigenvalue weighted by Gasteiger charge is 2.53. The molecule has 28 heavy (non-hydrogen) atoms. The van der Waals surface area contributed by atoms with E-state index in [0.717, 1.165) is 42.1 Å². The Hall–Kier alpha value is -1.87. The molecule has 0 spiro atoms. The highest BCUT2D eigenvalue weighted by Crippen LogP contribution is 2.56. The van der Waals surface area contributed by atoms with E-state index in [1.54, 1.807) is 0 Å². The number of nitrogens with zero attached hydrogens (tertiary/aromatic N) is 1. The van der Waals surface area contributed by atoms with E-state index in [1.807, 2.05) is 12.1 Å². The van der Waals surface area contributed by atoms with Gasteiger partial charge in [-0.1, -0.05) is 47.3 Å². The molecule has 0 heterocycles.